The fourth-order valence-electron chi connectivity index (χ4n) is 2.18. The maximum Gasteiger partial charge on any atom is 0.168 e. The number of rotatable bonds is 3. The van der Waals surface area contributed by atoms with Gasteiger partial charge in [0.2, 0.25) is 0 Å². The second kappa shape index (κ2) is 5.21. The Morgan fingerprint density at radius 1 is 1.33 bits per heavy atom. The average Bonchev–Trinajstić information content (AvgIpc) is 2.83. The molecule has 0 bridgehead atoms. The largest absolute Gasteiger partial charge is 0.370 e. The van der Waals surface area contributed by atoms with Gasteiger partial charge in [0.05, 0.1) is 13.2 Å². The number of fused-ring (bicyclic) bond motifs is 1. The molecule has 3 heterocycles. The molecule has 6 nitrogen and oxygen atoms in total. The molecule has 1 saturated heterocycles. The van der Waals surface area contributed by atoms with E-state index in [4.69, 9.17) is 4.74 Å². The Labute approximate surface area is 109 Å². The van der Waals surface area contributed by atoms with E-state index in [-0.39, 0.29) is 0 Å². The fraction of sp³-hybridized carbons (Fsp3) is 0.545. The number of quaternary nitrogens is 1. The molecule has 7 heteroatoms. The lowest BCUT2D eigenvalue weighted by molar-refractivity contribution is -0.930. The number of nitrogens with one attached hydrogen (secondary N) is 1. The van der Waals surface area contributed by atoms with Gasteiger partial charge in [0.1, 0.15) is 36.3 Å². The molecule has 0 aromatic carbocycles. The van der Waals surface area contributed by atoms with Gasteiger partial charge in [-0.05, 0) is 6.26 Å². The summed E-state index contributed by atoms with van der Waals surface area (Å²) in [7, 11) is 0. The van der Waals surface area contributed by atoms with Crippen LogP contribution in [0.5, 0.6) is 0 Å². The summed E-state index contributed by atoms with van der Waals surface area (Å²) in [6.07, 6.45) is 5.48. The van der Waals surface area contributed by atoms with Crippen LogP contribution in [0.4, 0.5) is 0 Å². The normalized spacial score (nSPS) is 17.4. The van der Waals surface area contributed by atoms with Crippen LogP contribution in [0.3, 0.4) is 0 Å². The lowest BCUT2D eigenvalue weighted by atomic mass is 10.4. The highest BCUT2D eigenvalue weighted by Gasteiger charge is 2.16. The van der Waals surface area contributed by atoms with Gasteiger partial charge in [-0.25, -0.2) is 15.0 Å². The van der Waals surface area contributed by atoms with Crippen molar-refractivity contribution in [3.8, 4) is 0 Å². The van der Waals surface area contributed by atoms with E-state index in [0.717, 1.165) is 49.2 Å². The second-order valence-corrected chi connectivity index (χ2v) is 5.08. The molecule has 1 N–H and O–H groups in total. The quantitative estimate of drug-likeness (QED) is 0.595. The minimum Gasteiger partial charge on any atom is -0.370 e. The lowest BCUT2D eigenvalue weighted by Crippen LogP contribution is -3.13. The third-order valence-electron chi connectivity index (χ3n) is 3.15. The Morgan fingerprint density at radius 2 is 2.17 bits per heavy atom. The molecular formula is C11H16N5OS+. The maximum absolute atomic E-state index is 5.37. The van der Waals surface area contributed by atoms with Crippen LogP contribution in [0, 0.1) is 0 Å². The highest BCUT2D eigenvalue weighted by molar-refractivity contribution is 7.98. The van der Waals surface area contributed by atoms with Crippen molar-refractivity contribution in [2.75, 3.05) is 32.6 Å². The summed E-state index contributed by atoms with van der Waals surface area (Å²) in [6, 6.07) is 0. The smallest absolute Gasteiger partial charge is 0.168 e. The van der Waals surface area contributed by atoms with Crippen LogP contribution >= 0.6 is 11.8 Å². The third-order valence-corrected chi connectivity index (χ3v) is 3.84. The van der Waals surface area contributed by atoms with Crippen molar-refractivity contribution in [2.24, 2.45) is 0 Å². The molecule has 96 valence electrons. The number of hydrogen-bond donors (Lipinski definition) is 1. The van der Waals surface area contributed by atoms with Gasteiger partial charge in [0.15, 0.2) is 12.3 Å². The molecule has 1 fully saturated rings. The summed E-state index contributed by atoms with van der Waals surface area (Å²) >= 11 is 1.60. The first kappa shape index (κ1) is 11.9. The zero-order chi connectivity index (χ0) is 12.4. The maximum atomic E-state index is 5.37. The monoisotopic (exact) mass is 266 g/mol. The lowest BCUT2D eigenvalue weighted by Gasteiger charge is -2.23. The van der Waals surface area contributed by atoms with E-state index in [0.29, 0.717) is 0 Å². The number of ether oxygens (including phenoxy) is 1. The van der Waals surface area contributed by atoms with Crippen LogP contribution in [0.2, 0.25) is 0 Å². The van der Waals surface area contributed by atoms with Crippen LogP contribution < -0.4 is 4.90 Å². The zero-order valence-electron chi connectivity index (χ0n) is 10.3. The highest BCUT2D eigenvalue weighted by atomic mass is 32.2. The van der Waals surface area contributed by atoms with Crippen molar-refractivity contribution in [2.45, 2.75) is 11.7 Å². The number of nitrogens with zero attached hydrogens (tertiary/aromatic N) is 4. The van der Waals surface area contributed by atoms with Gasteiger partial charge >= 0.3 is 0 Å². The van der Waals surface area contributed by atoms with E-state index in [9.17, 15) is 0 Å². The van der Waals surface area contributed by atoms with Crippen LogP contribution in [0.1, 0.15) is 0 Å². The van der Waals surface area contributed by atoms with E-state index < -0.39 is 0 Å². The minimum absolute atomic E-state index is 0.840. The summed E-state index contributed by atoms with van der Waals surface area (Å²) in [5.41, 5.74) is 1.83. The first-order chi connectivity index (χ1) is 8.88. The Kier molecular flexibility index (Phi) is 3.44. The van der Waals surface area contributed by atoms with E-state index in [1.54, 1.807) is 18.1 Å². The number of hydrogen-bond acceptors (Lipinski definition) is 5. The number of imidazole rings is 1. The van der Waals surface area contributed by atoms with Crippen molar-refractivity contribution in [3.63, 3.8) is 0 Å². The van der Waals surface area contributed by atoms with Crippen LogP contribution in [-0.2, 0) is 11.4 Å². The molecule has 0 saturated carbocycles. The molecule has 0 aliphatic carbocycles. The highest BCUT2D eigenvalue weighted by Crippen LogP contribution is 2.20. The summed E-state index contributed by atoms with van der Waals surface area (Å²) in [4.78, 5) is 14.5. The van der Waals surface area contributed by atoms with Crippen molar-refractivity contribution >= 4 is 22.9 Å². The molecule has 18 heavy (non-hydrogen) atoms. The first-order valence-electron chi connectivity index (χ1n) is 5.99. The van der Waals surface area contributed by atoms with E-state index in [1.165, 1.54) is 4.90 Å². The molecular weight excluding hydrogens is 250 g/mol. The molecule has 1 aliphatic heterocycles. The van der Waals surface area contributed by atoms with Crippen molar-refractivity contribution < 1.29 is 9.64 Å². The SMILES string of the molecule is CSc1ncnc2c1ncn2C[NH+]1CCOCC1. The van der Waals surface area contributed by atoms with Gasteiger partial charge in [0, 0.05) is 0 Å². The Bertz CT molecular complexity index is 537. The molecule has 1 aliphatic rings. The molecule has 2 aromatic heterocycles. The average molecular weight is 266 g/mol. The molecule has 3 rings (SSSR count). The Hall–Kier alpha value is -1.18. The molecule has 0 radical (unpaired) electrons. The summed E-state index contributed by atoms with van der Waals surface area (Å²) in [5, 5.41) is 0.940. The topological polar surface area (TPSA) is 57.3 Å². The molecule has 0 amide bonds. The van der Waals surface area contributed by atoms with Gasteiger partial charge < -0.3 is 9.64 Å². The Balaban J connectivity index is 1.88. The van der Waals surface area contributed by atoms with Crippen LogP contribution in [-0.4, -0.2) is 52.1 Å². The Morgan fingerprint density at radius 3 is 2.94 bits per heavy atom. The van der Waals surface area contributed by atoms with Crippen LogP contribution in [0.15, 0.2) is 17.7 Å². The predicted molar refractivity (Wildman–Crippen MR) is 68.6 cm³/mol. The van der Waals surface area contributed by atoms with Crippen molar-refractivity contribution in [1.82, 2.24) is 19.5 Å². The number of thioether (sulfide) groups is 1. The van der Waals surface area contributed by atoms with E-state index in [1.807, 2.05) is 12.6 Å². The number of aromatic nitrogens is 4. The van der Waals surface area contributed by atoms with Crippen LogP contribution in [0.25, 0.3) is 11.2 Å². The molecule has 0 atom stereocenters. The predicted octanol–water partition coefficient (Wildman–Crippen LogP) is -0.579. The number of morpholine rings is 1. The minimum atomic E-state index is 0.840. The first-order valence-corrected chi connectivity index (χ1v) is 7.22. The standard InChI is InChI=1S/C11H15N5OS/c1-18-11-9-10(12-6-13-11)16(7-14-9)8-15-2-4-17-5-3-15/h6-7H,2-5,8H2,1H3/p+1. The molecule has 2 aromatic rings. The third kappa shape index (κ3) is 2.21. The van der Waals surface area contributed by atoms with Gasteiger partial charge in [-0.1, -0.05) is 0 Å². The van der Waals surface area contributed by atoms with Gasteiger partial charge in [0.25, 0.3) is 0 Å². The van der Waals surface area contributed by atoms with Crippen molar-refractivity contribution in [3.05, 3.63) is 12.7 Å². The van der Waals surface area contributed by atoms with Gasteiger partial charge in [-0.15, -0.1) is 11.8 Å². The summed E-state index contributed by atoms with van der Waals surface area (Å²) in [6.45, 7) is 4.66. The summed E-state index contributed by atoms with van der Waals surface area (Å²) < 4.78 is 7.48. The van der Waals surface area contributed by atoms with E-state index >= 15 is 0 Å². The second-order valence-electron chi connectivity index (χ2n) is 4.29. The summed E-state index contributed by atoms with van der Waals surface area (Å²) in [5.74, 6) is 0. The molecule has 0 spiro atoms. The van der Waals surface area contributed by atoms with Gasteiger partial charge in [-0.3, -0.25) is 4.57 Å². The fourth-order valence-corrected chi connectivity index (χ4v) is 2.67. The van der Waals surface area contributed by atoms with Gasteiger partial charge in [-0.2, -0.15) is 0 Å². The van der Waals surface area contributed by atoms with Crippen molar-refractivity contribution in [1.29, 1.82) is 0 Å². The van der Waals surface area contributed by atoms with E-state index in [2.05, 4.69) is 19.5 Å². The zero-order valence-corrected chi connectivity index (χ0v) is 11.1. The molecule has 0 unspecified atom stereocenters.